The summed E-state index contributed by atoms with van der Waals surface area (Å²) >= 11 is 25.2. The first-order chi connectivity index (χ1) is 58.3. The van der Waals surface area contributed by atoms with E-state index in [0.29, 0.717) is 58.3 Å². The molecule has 125 heavy (non-hydrogen) atoms. The summed E-state index contributed by atoms with van der Waals surface area (Å²) in [4.78, 5) is 65.4. The van der Waals surface area contributed by atoms with Crippen molar-refractivity contribution in [2.45, 2.75) is 249 Å². The number of carbonyl (C=O) groups excluding carboxylic acids is 5. The van der Waals surface area contributed by atoms with E-state index in [0.717, 1.165) is 185 Å². The highest BCUT2D eigenvalue weighted by atomic mass is 32.1. The van der Waals surface area contributed by atoms with Crippen molar-refractivity contribution in [2.75, 3.05) is 0 Å². The van der Waals surface area contributed by atoms with Crippen LogP contribution in [0.2, 0.25) is 0 Å². The van der Waals surface area contributed by atoms with Crippen LogP contribution in [0.1, 0.15) is 248 Å². The highest BCUT2D eigenvalue weighted by molar-refractivity contribution is 7.81. The predicted molar refractivity (Wildman–Crippen MR) is 505 cm³/mol. The van der Waals surface area contributed by atoms with Gasteiger partial charge in [-0.2, -0.15) is 0 Å². The molecule has 0 bridgehead atoms. The third-order valence-corrected chi connectivity index (χ3v) is 26.2. The SMILES string of the molecule is CCc1ccc(C2CCC(C(=O)Oc3ccc([S])cc3)CC2)cc1.CCc1ccc(C2CCC(C(=O)Oc3ccc([S])cc3)CC2)cc1.CCc1ccc(C2CCC(C(=O)Oc3ccc([S])cc3)CC2)cc1.CCc1ccc(C2CCC(C(=O)Oc3ccc([S])cc3)CC2)cc1.CCc1ccc(C2CCC(C(=O)Oc3ccc([S])cc3)CC2)cc1.F.F.F.F.F. The summed E-state index contributed by atoms with van der Waals surface area (Å²) in [5.74, 6) is 5.33. The van der Waals surface area contributed by atoms with Gasteiger partial charge in [0.15, 0.2) is 0 Å². The number of hydrogen-bond donors (Lipinski definition) is 0. The third-order valence-electron chi connectivity index (χ3n) is 24.8. The van der Waals surface area contributed by atoms with Crippen LogP contribution in [0.25, 0.3) is 0 Å². The molecule has 10 nitrogen and oxygen atoms in total. The minimum absolute atomic E-state index is 0. The molecule has 20 heteroatoms. The van der Waals surface area contributed by atoms with E-state index in [2.05, 4.69) is 156 Å². The van der Waals surface area contributed by atoms with Crippen molar-refractivity contribution in [2.24, 2.45) is 29.6 Å². The second kappa shape index (κ2) is 53.7. The fraction of sp³-hybridized carbons (Fsp3) is 0.381. The van der Waals surface area contributed by atoms with E-state index in [1.165, 1.54) is 55.6 Å². The van der Waals surface area contributed by atoms with Crippen LogP contribution in [0, 0.1) is 29.6 Å². The summed E-state index contributed by atoms with van der Waals surface area (Å²) in [6.07, 6.45) is 24.9. The maximum Gasteiger partial charge on any atom is 0.314 e. The molecule has 10 aromatic carbocycles. The molecule has 0 aliphatic heterocycles. The molecule has 15 rings (SSSR count). The van der Waals surface area contributed by atoms with E-state index in [-0.39, 0.29) is 83.0 Å². The zero-order chi connectivity index (χ0) is 84.7. The zero-order valence-electron chi connectivity index (χ0n) is 72.2. The van der Waals surface area contributed by atoms with Gasteiger partial charge < -0.3 is 23.7 Å². The van der Waals surface area contributed by atoms with Gasteiger partial charge in [-0.1, -0.05) is 219 Å². The van der Waals surface area contributed by atoms with E-state index in [9.17, 15) is 24.0 Å². The van der Waals surface area contributed by atoms with Gasteiger partial charge in [0.05, 0.1) is 29.6 Å². The van der Waals surface area contributed by atoms with Crippen LogP contribution in [0.4, 0.5) is 23.5 Å². The molecule has 0 unspecified atom stereocenters. The average Bonchev–Trinajstić information content (AvgIpc) is 0.855. The molecule has 10 aromatic rings. The van der Waals surface area contributed by atoms with E-state index in [1.54, 1.807) is 121 Å². The molecule has 5 aliphatic rings. The van der Waals surface area contributed by atoms with Crippen LogP contribution < -0.4 is 23.7 Å². The van der Waals surface area contributed by atoms with Crippen molar-refractivity contribution in [1.82, 2.24) is 0 Å². The van der Waals surface area contributed by atoms with Gasteiger partial charge in [0.2, 0.25) is 0 Å². The fourth-order valence-electron chi connectivity index (χ4n) is 17.0. The molecular weight excluding hydrogens is 1680 g/mol. The minimum Gasteiger partial charge on any atom is -0.426 e. The van der Waals surface area contributed by atoms with Crippen molar-refractivity contribution in [3.8, 4) is 28.7 Å². The molecule has 0 heterocycles. The number of esters is 5. The van der Waals surface area contributed by atoms with Crippen molar-refractivity contribution in [1.29, 1.82) is 0 Å². The summed E-state index contributed by atoms with van der Waals surface area (Å²) in [5.41, 5.74) is 13.9. The Morgan fingerprint density at radius 1 is 0.200 bits per heavy atom. The van der Waals surface area contributed by atoms with E-state index in [1.807, 2.05) is 0 Å². The van der Waals surface area contributed by atoms with Gasteiger partial charge in [-0.3, -0.25) is 47.5 Å². The number of ether oxygens (including phenoxy) is 5. The van der Waals surface area contributed by atoms with Crippen molar-refractivity contribution in [3.05, 3.63) is 298 Å². The van der Waals surface area contributed by atoms with Crippen LogP contribution in [0.3, 0.4) is 0 Å². The highest BCUT2D eigenvalue weighted by Gasteiger charge is 2.34. The Bertz CT molecular complexity index is 4080. The van der Waals surface area contributed by atoms with Crippen LogP contribution in [-0.4, -0.2) is 29.8 Å². The first-order valence-electron chi connectivity index (χ1n) is 43.7. The molecular formula is C105H120F5O10S5. The maximum atomic E-state index is 12.3. The number of benzene rings is 10. The Morgan fingerprint density at radius 2 is 0.320 bits per heavy atom. The van der Waals surface area contributed by atoms with Crippen molar-refractivity contribution in [3.63, 3.8) is 0 Å². The monoisotopic (exact) mass is 1800 g/mol. The summed E-state index contributed by atoms with van der Waals surface area (Å²) in [7, 11) is 0. The Morgan fingerprint density at radius 3 is 0.432 bits per heavy atom. The van der Waals surface area contributed by atoms with Crippen LogP contribution >= 0.6 is 63.1 Å². The second-order valence-electron chi connectivity index (χ2n) is 32.7. The van der Waals surface area contributed by atoms with Gasteiger partial charge in [0, 0.05) is 24.5 Å². The molecule has 665 valence electrons. The Kier molecular flexibility index (Phi) is 44.7. The smallest absolute Gasteiger partial charge is 0.314 e. The number of hydrogen-bond acceptors (Lipinski definition) is 10. The van der Waals surface area contributed by atoms with Gasteiger partial charge in [-0.25, -0.2) is 0 Å². The number of aryl methyl sites for hydroxylation is 5. The standard InChI is InChI=1S/5C21H23O2S.5FH/c5*1-2-15-3-5-16(6-4-15)17-7-9-18(10-8-17)21(22)23-19-11-13-20(24)14-12-19;;;;;/h5*3-6,11-14,17-18H,2,7-10H2,1H3;5*1H. The molecule has 5 aliphatic carbocycles. The van der Waals surface area contributed by atoms with E-state index >= 15 is 0 Å². The average molecular weight is 1800 g/mol. The quantitative estimate of drug-likeness (QED) is 0.0413. The largest absolute Gasteiger partial charge is 0.426 e. The molecule has 5 radical (unpaired) electrons. The number of carbonyl (C=O) groups is 5. The lowest BCUT2D eigenvalue weighted by atomic mass is 9.78. The molecule has 5 saturated carbocycles. The zero-order valence-corrected chi connectivity index (χ0v) is 76.3. The van der Waals surface area contributed by atoms with Crippen molar-refractivity contribution < 1.29 is 71.2 Å². The third kappa shape index (κ3) is 32.6. The van der Waals surface area contributed by atoms with E-state index in [4.69, 9.17) is 86.8 Å². The van der Waals surface area contributed by atoms with Crippen LogP contribution in [-0.2, 0) is 56.1 Å². The van der Waals surface area contributed by atoms with Gasteiger partial charge in [0.25, 0.3) is 0 Å². The molecule has 0 aromatic heterocycles. The van der Waals surface area contributed by atoms with Crippen LogP contribution in [0.5, 0.6) is 28.7 Å². The topological polar surface area (TPSA) is 132 Å². The molecule has 5 fully saturated rings. The molecule has 0 N–H and O–H groups in total. The van der Waals surface area contributed by atoms with Gasteiger partial charge in [-0.05, 0) is 367 Å². The summed E-state index contributed by atoms with van der Waals surface area (Å²) in [6, 6.07) is 80.2. The van der Waals surface area contributed by atoms with E-state index < -0.39 is 0 Å². The number of halogens is 5. The lowest BCUT2D eigenvalue weighted by Crippen LogP contribution is -2.25. The van der Waals surface area contributed by atoms with Gasteiger partial charge in [-0.15, -0.1) is 0 Å². The molecule has 0 spiro atoms. The fourth-order valence-corrected chi connectivity index (χ4v) is 17.7. The molecule has 0 amide bonds. The van der Waals surface area contributed by atoms with Crippen LogP contribution in [0.15, 0.2) is 267 Å². The first-order valence-corrected chi connectivity index (χ1v) is 45.7. The number of rotatable bonds is 20. The highest BCUT2D eigenvalue weighted by Crippen LogP contribution is 2.43. The lowest BCUT2D eigenvalue weighted by molar-refractivity contribution is -0.141. The summed E-state index contributed by atoms with van der Waals surface area (Å²) in [5, 5.41) is 0. The molecule has 0 atom stereocenters. The van der Waals surface area contributed by atoms with Crippen molar-refractivity contribution >= 4 is 93.0 Å². The lowest BCUT2D eigenvalue weighted by Gasteiger charge is -2.27. The second-order valence-corrected chi connectivity index (χ2v) is 35.0. The summed E-state index contributed by atoms with van der Waals surface area (Å²) < 4.78 is 27.5. The minimum atomic E-state index is -0.105. The Labute approximate surface area is 764 Å². The predicted octanol–water partition coefficient (Wildman–Crippen LogP) is 29.2. The Hall–Kier alpha value is -9.70. The van der Waals surface area contributed by atoms with Gasteiger partial charge in [0.1, 0.15) is 28.7 Å². The van der Waals surface area contributed by atoms with Gasteiger partial charge >= 0.3 is 29.8 Å². The summed E-state index contributed by atoms with van der Waals surface area (Å²) in [6.45, 7) is 10.9. The molecule has 0 saturated heterocycles. The normalized spacial score (nSPS) is 19.7. The first kappa shape index (κ1) is 104. The Balaban J connectivity index is 0.000000239. The maximum absolute atomic E-state index is 12.3.